The standard InChI is InChI=1S/C49H31N3O/c1-2-11-34(12-3-1)49-51-45(31-46(52-49)42-15-7-6-14-41(42)33-22-24-50-25-23-33)40-28-38(36-19-18-32-10-4-5-13-35(32)26-36)27-39(29-40)37-20-21-48-44(30-37)43-16-8-9-17-47(43)53-48/h1-31H. The topological polar surface area (TPSA) is 51.8 Å². The van der Waals surface area contributed by atoms with Crippen LogP contribution >= 0.6 is 0 Å². The Morgan fingerprint density at radius 3 is 1.83 bits per heavy atom. The lowest BCUT2D eigenvalue weighted by atomic mass is 9.92. The molecule has 0 bridgehead atoms. The summed E-state index contributed by atoms with van der Waals surface area (Å²) in [6, 6.07) is 61.5. The summed E-state index contributed by atoms with van der Waals surface area (Å²) < 4.78 is 6.20. The molecule has 0 saturated heterocycles. The van der Waals surface area contributed by atoms with Gasteiger partial charge in [0.15, 0.2) is 5.82 Å². The zero-order valence-corrected chi connectivity index (χ0v) is 28.6. The number of hydrogen-bond acceptors (Lipinski definition) is 4. The Hall–Kier alpha value is -7.17. The summed E-state index contributed by atoms with van der Waals surface area (Å²) in [4.78, 5) is 14.7. The summed E-state index contributed by atoms with van der Waals surface area (Å²) in [6.07, 6.45) is 3.66. The minimum absolute atomic E-state index is 0.673. The van der Waals surface area contributed by atoms with E-state index in [0.29, 0.717) is 5.82 Å². The average molecular weight is 678 g/mol. The van der Waals surface area contributed by atoms with E-state index < -0.39 is 0 Å². The first-order valence-corrected chi connectivity index (χ1v) is 17.7. The SMILES string of the molecule is c1ccc(-c2nc(-c3cc(-c4ccc5ccccc5c4)cc(-c4ccc5oc6ccccc6c5c4)c3)cc(-c3ccccc3-c3ccncc3)n2)cc1. The van der Waals surface area contributed by atoms with Gasteiger partial charge in [-0.15, -0.1) is 0 Å². The Bertz CT molecular complexity index is 2950. The van der Waals surface area contributed by atoms with Crippen LogP contribution < -0.4 is 0 Å². The van der Waals surface area contributed by atoms with Gasteiger partial charge in [-0.05, 0) is 105 Å². The summed E-state index contributed by atoms with van der Waals surface area (Å²) in [7, 11) is 0. The third kappa shape index (κ3) is 5.73. The number of hydrogen-bond donors (Lipinski definition) is 0. The van der Waals surface area contributed by atoms with Gasteiger partial charge in [0.2, 0.25) is 0 Å². The number of aromatic nitrogens is 3. The molecule has 53 heavy (non-hydrogen) atoms. The predicted molar refractivity (Wildman–Crippen MR) is 217 cm³/mol. The highest BCUT2D eigenvalue weighted by atomic mass is 16.3. The minimum atomic E-state index is 0.673. The molecule has 0 N–H and O–H groups in total. The van der Waals surface area contributed by atoms with E-state index in [2.05, 4.69) is 138 Å². The van der Waals surface area contributed by atoms with E-state index in [0.717, 1.165) is 83.4 Å². The summed E-state index contributed by atoms with van der Waals surface area (Å²) in [5.74, 6) is 0.673. The fraction of sp³-hybridized carbons (Fsp3) is 0. The molecular formula is C49H31N3O. The second-order valence-corrected chi connectivity index (χ2v) is 13.3. The van der Waals surface area contributed by atoms with Gasteiger partial charge in [-0.2, -0.15) is 0 Å². The van der Waals surface area contributed by atoms with Crippen LogP contribution in [0.2, 0.25) is 0 Å². The normalized spacial score (nSPS) is 11.4. The maximum atomic E-state index is 6.20. The first-order chi connectivity index (χ1) is 26.2. The molecule has 7 aromatic carbocycles. The molecule has 4 nitrogen and oxygen atoms in total. The molecule has 0 aliphatic carbocycles. The molecule has 10 rings (SSSR count). The number of fused-ring (bicyclic) bond motifs is 4. The van der Waals surface area contributed by atoms with Gasteiger partial charge in [-0.3, -0.25) is 4.98 Å². The number of para-hydroxylation sites is 1. The van der Waals surface area contributed by atoms with Crippen LogP contribution in [0.15, 0.2) is 193 Å². The smallest absolute Gasteiger partial charge is 0.160 e. The maximum Gasteiger partial charge on any atom is 0.160 e. The molecule has 10 aromatic rings. The molecule has 3 heterocycles. The average Bonchev–Trinajstić information content (AvgIpc) is 3.62. The van der Waals surface area contributed by atoms with Gasteiger partial charge < -0.3 is 4.42 Å². The van der Waals surface area contributed by atoms with Crippen LogP contribution in [-0.2, 0) is 0 Å². The van der Waals surface area contributed by atoms with Crippen molar-refractivity contribution in [3.8, 4) is 67.3 Å². The van der Waals surface area contributed by atoms with Crippen molar-refractivity contribution in [2.24, 2.45) is 0 Å². The molecular weight excluding hydrogens is 647 g/mol. The number of pyridine rings is 1. The second kappa shape index (κ2) is 12.9. The van der Waals surface area contributed by atoms with Crippen LogP contribution in [0.25, 0.3) is 100.0 Å². The van der Waals surface area contributed by atoms with Gasteiger partial charge in [-0.1, -0.05) is 115 Å². The second-order valence-electron chi connectivity index (χ2n) is 13.3. The lowest BCUT2D eigenvalue weighted by Gasteiger charge is -2.15. The minimum Gasteiger partial charge on any atom is -0.456 e. The van der Waals surface area contributed by atoms with E-state index in [1.165, 1.54) is 10.8 Å². The van der Waals surface area contributed by atoms with E-state index >= 15 is 0 Å². The van der Waals surface area contributed by atoms with Crippen molar-refractivity contribution in [2.45, 2.75) is 0 Å². The van der Waals surface area contributed by atoms with E-state index in [4.69, 9.17) is 14.4 Å². The lowest BCUT2D eigenvalue weighted by Crippen LogP contribution is -1.97. The monoisotopic (exact) mass is 677 g/mol. The van der Waals surface area contributed by atoms with Gasteiger partial charge in [0, 0.05) is 39.9 Å². The molecule has 0 amide bonds. The Balaban J connectivity index is 1.21. The van der Waals surface area contributed by atoms with Crippen molar-refractivity contribution in [1.82, 2.24) is 15.0 Å². The summed E-state index contributed by atoms with van der Waals surface area (Å²) >= 11 is 0. The lowest BCUT2D eigenvalue weighted by molar-refractivity contribution is 0.669. The quantitative estimate of drug-likeness (QED) is 0.176. The van der Waals surface area contributed by atoms with E-state index in [9.17, 15) is 0 Å². The molecule has 0 unspecified atom stereocenters. The first-order valence-electron chi connectivity index (χ1n) is 17.7. The van der Waals surface area contributed by atoms with Crippen LogP contribution in [-0.4, -0.2) is 15.0 Å². The molecule has 0 aliphatic heterocycles. The van der Waals surface area contributed by atoms with Crippen molar-refractivity contribution in [1.29, 1.82) is 0 Å². The zero-order chi connectivity index (χ0) is 35.1. The zero-order valence-electron chi connectivity index (χ0n) is 28.6. The predicted octanol–water partition coefficient (Wildman–Crippen LogP) is 12.9. The van der Waals surface area contributed by atoms with E-state index in [1.54, 1.807) is 0 Å². The van der Waals surface area contributed by atoms with E-state index in [1.807, 2.05) is 54.9 Å². The molecule has 0 radical (unpaired) electrons. The fourth-order valence-electron chi connectivity index (χ4n) is 7.32. The van der Waals surface area contributed by atoms with Gasteiger partial charge >= 0.3 is 0 Å². The van der Waals surface area contributed by atoms with Crippen LogP contribution in [0, 0.1) is 0 Å². The number of rotatable bonds is 6. The van der Waals surface area contributed by atoms with Crippen LogP contribution in [0.3, 0.4) is 0 Å². The summed E-state index contributed by atoms with van der Waals surface area (Å²) in [6.45, 7) is 0. The Kier molecular flexibility index (Phi) is 7.43. The van der Waals surface area contributed by atoms with Crippen molar-refractivity contribution < 1.29 is 4.42 Å². The largest absolute Gasteiger partial charge is 0.456 e. The number of furan rings is 1. The summed E-state index contributed by atoms with van der Waals surface area (Å²) in [5, 5.41) is 4.62. The Morgan fingerprint density at radius 1 is 0.340 bits per heavy atom. The Labute approximate surface area is 306 Å². The van der Waals surface area contributed by atoms with Gasteiger partial charge in [0.25, 0.3) is 0 Å². The molecule has 0 fully saturated rings. The molecule has 3 aromatic heterocycles. The molecule has 248 valence electrons. The third-order valence-electron chi connectivity index (χ3n) is 9.97. The van der Waals surface area contributed by atoms with Crippen LogP contribution in [0.1, 0.15) is 0 Å². The summed E-state index contributed by atoms with van der Waals surface area (Å²) in [5.41, 5.74) is 13.1. The van der Waals surface area contributed by atoms with Crippen molar-refractivity contribution in [3.63, 3.8) is 0 Å². The van der Waals surface area contributed by atoms with Gasteiger partial charge in [0.05, 0.1) is 11.4 Å². The Morgan fingerprint density at radius 2 is 0.981 bits per heavy atom. The molecule has 0 atom stereocenters. The van der Waals surface area contributed by atoms with Gasteiger partial charge in [-0.25, -0.2) is 9.97 Å². The highest BCUT2D eigenvalue weighted by molar-refractivity contribution is 6.06. The van der Waals surface area contributed by atoms with Gasteiger partial charge in [0.1, 0.15) is 11.2 Å². The van der Waals surface area contributed by atoms with Crippen molar-refractivity contribution in [2.75, 3.05) is 0 Å². The van der Waals surface area contributed by atoms with Crippen LogP contribution in [0.4, 0.5) is 0 Å². The molecule has 0 saturated carbocycles. The molecule has 4 heteroatoms. The number of nitrogens with zero attached hydrogens (tertiary/aromatic N) is 3. The fourth-order valence-corrected chi connectivity index (χ4v) is 7.32. The molecule has 0 spiro atoms. The van der Waals surface area contributed by atoms with Crippen molar-refractivity contribution in [3.05, 3.63) is 188 Å². The number of benzene rings is 7. The van der Waals surface area contributed by atoms with Crippen LogP contribution in [0.5, 0.6) is 0 Å². The maximum absolute atomic E-state index is 6.20. The van der Waals surface area contributed by atoms with E-state index in [-0.39, 0.29) is 0 Å². The highest BCUT2D eigenvalue weighted by Gasteiger charge is 2.17. The van der Waals surface area contributed by atoms with Crippen molar-refractivity contribution >= 4 is 32.7 Å². The third-order valence-corrected chi connectivity index (χ3v) is 9.97. The first kappa shape index (κ1) is 30.6. The highest BCUT2D eigenvalue weighted by Crippen LogP contribution is 2.39. The molecule has 0 aliphatic rings.